The molecular formula is C13H19N3S. The number of hydrogen-bond acceptors (Lipinski definition) is 3. The predicted octanol–water partition coefficient (Wildman–Crippen LogP) is 2.70. The van der Waals surface area contributed by atoms with E-state index in [4.69, 9.17) is 5.73 Å². The van der Waals surface area contributed by atoms with Crippen LogP contribution in [-0.2, 0) is 6.42 Å². The van der Waals surface area contributed by atoms with Crippen molar-refractivity contribution >= 4 is 16.3 Å². The third kappa shape index (κ3) is 2.00. The van der Waals surface area contributed by atoms with Gasteiger partial charge in [-0.25, -0.2) is 4.98 Å². The van der Waals surface area contributed by atoms with E-state index in [1.807, 2.05) is 0 Å². The molecule has 1 aliphatic carbocycles. The molecule has 17 heavy (non-hydrogen) atoms. The minimum Gasteiger partial charge on any atom is -0.330 e. The van der Waals surface area contributed by atoms with Crippen molar-refractivity contribution in [1.29, 1.82) is 0 Å². The topological polar surface area (TPSA) is 43.3 Å². The Bertz CT molecular complexity index is 487. The number of rotatable bonds is 3. The highest BCUT2D eigenvalue weighted by Crippen LogP contribution is 2.43. The molecule has 0 bridgehead atoms. The summed E-state index contributed by atoms with van der Waals surface area (Å²) in [6.45, 7) is 3.13. The van der Waals surface area contributed by atoms with Gasteiger partial charge in [0, 0.05) is 17.8 Å². The average molecular weight is 249 g/mol. The fourth-order valence-electron chi connectivity index (χ4n) is 3.16. The summed E-state index contributed by atoms with van der Waals surface area (Å²) in [4.78, 5) is 5.78. The maximum Gasteiger partial charge on any atom is 0.193 e. The van der Waals surface area contributed by atoms with Crippen molar-refractivity contribution < 1.29 is 0 Å². The molecule has 0 saturated heterocycles. The van der Waals surface area contributed by atoms with Crippen molar-refractivity contribution in [1.82, 2.24) is 9.38 Å². The van der Waals surface area contributed by atoms with Crippen molar-refractivity contribution in [3.63, 3.8) is 0 Å². The fraction of sp³-hybridized carbons (Fsp3) is 0.615. The van der Waals surface area contributed by atoms with Crippen LogP contribution in [0.4, 0.5) is 0 Å². The highest BCUT2D eigenvalue weighted by molar-refractivity contribution is 7.15. The highest BCUT2D eigenvalue weighted by Gasteiger charge is 2.36. The lowest BCUT2D eigenvalue weighted by Gasteiger charge is -2.26. The molecule has 3 nitrogen and oxygen atoms in total. The smallest absolute Gasteiger partial charge is 0.193 e. The molecule has 1 fully saturated rings. The van der Waals surface area contributed by atoms with E-state index in [9.17, 15) is 0 Å². The predicted molar refractivity (Wildman–Crippen MR) is 71.3 cm³/mol. The molecule has 0 aliphatic heterocycles. The molecule has 2 unspecified atom stereocenters. The molecule has 1 saturated carbocycles. The molecule has 0 amide bonds. The summed E-state index contributed by atoms with van der Waals surface area (Å²) in [5, 5.41) is 2.07. The quantitative estimate of drug-likeness (QED) is 0.909. The Morgan fingerprint density at radius 3 is 3.18 bits per heavy atom. The van der Waals surface area contributed by atoms with Gasteiger partial charge in [-0.05, 0) is 37.1 Å². The van der Waals surface area contributed by atoms with E-state index in [-0.39, 0.29) is 0 Å². The molecule has 0 spiro atoms. The average Bonchev–Trinajstić information content (AvgIpc) is 2.94. The van der Waals surface area contributed by atoms with Crippen molar-refractivity contribution in [3.05, 3.63) is 23.5 Å². The summed E-state index contributed by atoms with van der Waals surface area (Å²) in [5.74, 6) is 0.822. The first-order valence-corrected chi connectivity index (χ1v) is 7.20. The van der Waals surface area contributed by atoms with Gasteiger partial charge in [0.2, 0.25) is 0 Å². The third-order valence-corrected chi connectivity index (χ3v) is 4.85. The van der Waals surface area contributed by atoms with Gasteiger partial charge in [-0.2, -0.15) is 0 Å². The molecule has 4 heteroatoms. The number of nitrogens with zero attached hydrogens (tertiary/aromatic N) is 2. The van der Waals surface area contributed by atoms with Crippen LogP contribution in [0.15, 0.2) is 17.8 Å². The van der Waals surface area contributed by atoms with Crippen LogP contribution in [0.5, 0.6) is 0 Å². The number of thiazole rings is 1. The van der Waals surface area contributed by atoms with E-state index >= 15 is 0 Å². The van der Waals surface area contributed by atoms with E-state index < -0.39 is 0 Å². The van der Waals surface area contributed by atoms with E-state index in [1.54, 1.807) is 11.3 Å². The maximum atomic E-state index is 6.02. The van der Waals surface area contributed by atoms with Crippen LogP contribution in [-0.4, -0.2) is 15.9 Å². The van der Waals surface area contributed by atoms with Gasteiger partial charge in [-0.3, -0.25) is 4.40 Å². The Labute approximate surface area is 106 Å². The zero-order chi connectivity index (χ0) is 11.9. The largest absolute Gasteiger partial charge is 0.330 e. The normalized spacial score (nSPS) is 29.2. The van der Waals surface area contributed by atoms with Gasteiger partial charge in [-0.1, -0.05) is 13.3 Å². The van der Waals surface area contributed by atoms with Crippen molar-refractivity contribution in [2.75, 3.05) is 6.54 Å². The van der Waals surface area contributed by atoms with Crippen LogP contribution in [0, 0.1) is 11.3 Å². The standard InChI is InChI=1S/C13H19N3S/c1-10-2-3-13(6-10,9-14)7-11-8-16-4-5-17-12(16)15-11/h4-5,8,10H,2-3,6-7,9,14H2,1H3. The minimum atomic E-state index is 0.309. The Hall–Kier alpha value is -0.870. The summed E-state index contributed by atoms with van der Waals surface area (Å²) in [6.07, 6.45) is 9.11. The minimum absolute atomic E-state index is 0.309. The number of aromatic nitrogens is 2. The van der Waals surface area contributed by atoms with Crippen LogP contribution in [0.3, 0.4) is 0 Å². The molecular weight excluding hydrogens is 230 g/mol. The monoisotopic (exact) mass is 249 g/mol. The zero-order valence-corrected chi connectivity index (χ0v) is 11.0. The van der Waals surface area contributed by atoms with Gasteiger partial charge < -0.3 is 5.73 Å². The van der Waals surface area contributed by atoms with E-state index in [0.717, 1.165) is 23.8 Å². The molecule has 2 N–H and O–H groups in total. The first-order chi connectivity index (χ1) is 8.21. The van der Waals surface area contributed by atoms with E-state index in [2.05, 4.69) is 34.1 Å². The lowest BCUT2D eigenvalue weighted by atomic mass is 9.81. The summed E-state index contributed by atoms with van der Waals surface area (Å²) in [5.41, 5.74) is 7.53. The van der Waals surface area contributed by atoms with Crippen LogP contribution >= 0.6 is 11.3 Å². The summed E-state index contributed by atoms with van der Waals surface area (Å²) >= 11 is 1.69. The maximum absolute atomic E-state index is 6.02. The molecule has 0 aromatic carbocycles. The molecule has 2 aromatic heterocycles. The molecule has 92 valence electrons. The van der Waals surface area contributed by atoms with Crippen LogP contribution in [0.25, 0.3) is 4.96 Å². The van der Waals surface area contributed by atoms with Gasteiger partial charge >= 0.3 is 0 Å². The first kappa shape index (κ1) is 11.2. The second-order valence-electron chi connectivity index (χ2n) is 5.55. The molecule has 1 aliphatic rings. The molecule has 2 heterocycles. The van der Waals surface area contributed by atoms with Gasteiger partial charge in [0.1, 0.15) is 0 Å². The molecule has 2 atom stereocenters. The number of hydrogen-bond donors (Lipinski definition) is 1. The summed E-state index contributed by atoms with van der Waals surface area (Å²) in [7, 11) is 0. The Morgan fingerprint density at radius 1 is 1.65 bits per heavy atom. The molecule has 2 aromatic rings. The Balaban J connectivity index is 1.83. The van der Waals surface area contributed by atoms with Crippen molar-refractivity contribution in [3.8, 4) is 0 Å². The van der Waals surface area contributed by atoms with Gasteiger partial charge in [-0.15, -0.1) is 11.3 Å². The summed E-state index contributed by atoms with van der Waals surface area (Å²) in [6, 6.07) is 0. The third-order valence-electron chi connectivity index (χ3n) is 4.08. The lowest BCUT2D eigenvalue weighted by molar-refractivity contribution is 0.293. The first-order valence-electron chi connectivity index (χ1n) is 6.32. The van der Waals surface area contributed by atoms with E-state index in [1.165, 1.54) is 25.0 Å². The zero-order valence-electron chi connectivity index (χ0n) is 10.2. The van der Waals surface area contributed by atoms with Crippen molar-refractivity contribution in [2.45, 2.75) is 32.6 Å². The molecule has 3 rings (SSSR count). The van der Waals surface area contributed by atoms with E-state index in [0.29, 0.717) is 5.41 Å². The lowest BCUT2D eigenvalue weighted by Crippen LogP contribution is -2.30. The second-order valence-corrected chi connectivity index (χ2v) is 6.43. The van der Waals surface area contributed by atoms with Crippen LogP contribution < -0.4 is 5.73 Å². The Kier molecular flexibility index (Phi) is 2.71. The Morgan fingerprint density at radius 2 is 2.53 bits per heavy atom. The number of nitrogens with two attached hydrogens (primary N) is 1. The second kappa shape index (κ2) is 4.10. The van der Waals surface area contributed by atoms with Gasteiger partial charge in [0.05, 0.1) is 5.69 Å². The molecule has 0 radical (unpaired) electrons. The number of imidazole rings is 1. The highest BCUT2D eigenvalue weighted by atomic mass is 32.1. The number of fused-ring (bicyclic) bond motifs is 1. The summed E-state index contributed by atoms with van der Waals surface area (Å²) < 4.78 is 2.11. The fourth-order valence-corrected chi connectivity index (χ4v) is 3.88. The SMILES string of the molecule is CC1CCC(CN)(Cc2cn3ccsc3n2)C1. The van der Waals surface area contributed by atoms with Gasteiger partial charge in [0.15, 0.2) is 4.96 Å². The van der Waals surface area contributed by atoms with Crippen LogP contribution in [0.2, 0.25) is 0 Å². The van der Waals surface area contributed by atoms with Crippen LogP contribution in [0.1, 0.15) is 31.9 Å². The van der Waals surface area contributed by atoms with Gasteiger partial charge in [0.25, 0.3) is 0 Å². The van der Waals surface area contributed by atoms with Crippen molar-refractivity contribution in [2.24, 2.45) is 17.1 Å².